The van der Waals surface area contributed by atoms with E-state index in [0.29, 0.717) is 0 Å². The second-order valence-electron chi connectivity index (χ2n) is 9.75. The zero-order valence-electron chi connectivity index (χ0n) is 19.4. The molecule has 1 fully saturated rings. The largest absolute Gasteiger partial charge is 0.367 e. The number of nitrogens with one attached hydrogen (secondary N) is 2. The van der Waals surface area contributed by atoms with Crippen LogP contribution in [0.2, 0.25) is 0 Å². The van der Waals surface area contributed by atoms with Crippen molar-refractivity contribution in [1.29, 1.82) is 0 Å². The number of anilines is 1. The van der Waals surface area contributed by atoms with Gasteiger partial charge in [-0.2, -0.15) is 0 Å². The molecule has 0 unspecified atom stereocenters. The molecule has 5 rings (SSSR count). The van der Waals surface area contributed by atoms with Gasteiger partial charge in [0.05, 0.1) is 11.2 Å². The second-order valence-corrected chi connectivity index (χ2v) is 9.75. The minimum absolute atomic E-state index is 0.133. The monoisotopic (exact) mass is 442 g/mol. The molecule has 2 aromatic carbocycles. The average Bonchev–Trinajstić information content (AvgIpc) is 3.24. The van der Waals surface area contributed by atoms with Gasteiger partial charge in [0, 0.05) is 50.2 Å². The van der Waals surface area contributed by atoms with E-state index in [1.807, 2.05) is 6.07 Å². The van der Waals surface area contributed by atoms with E-state index in [1.165, 1.54) is 11.3 Å². The molecule has 0 bridgehead atoms. The van der Waals surface area contributed by atoms with Crippen LogP contribution in [0.25, 0.3) is 22.4 Å². The number of H-pyrrole nitrogens is 2. The molecule has 2 aromatic heterocycles. The highest BCUT2D eigenvalue weighted by atomic mass is 16.1. The third-order valence-corrected chi connectivity index (χ3v) is 6.36. The van der Waals surface area contributed by atoms with Gasteiger partial charge in [0.15, 0.2) is 0 Å². The predicted octanol–water partition coefficient (Wildman–Crippen LogP) is 3.93. The molecule has 3 heterocycles. The smallest absolute Gasteiger partial charge is 0.345 e. The fourth-order valence-electron chi connectivity index (χ4n) is 4.42. The number of rotatable bonds is 4. The van der Waals surface area contributed by atoms with Crippen LogP contribution >= 0.6 is 0 Å². The quantitative estimate of drug-likeness (QED) is 0.501. The van der Waals surface area contributed by atoms with Crippen molar-refractivity contribution in [3.05, 3.63) is 76.5 Å². The SMILES string of the molecule is CC(C)(C)c1ccc(-c2nc3c(N4CCN(Cc5ccnc(=O)[nH]5)CC4)cccc3[nH]2)cc1. The molecule has 0 radical (unpaired) electrons. The van der Waals surface area contributed by atoms with Gasteiger partial charge in [0.1, 0.15) is 11.3 Å². The maximum absolute atomic E-state index is 11.5. The van der Waals surface area contributed by atoms with E-state index in [-0.39, 0.29) is 11.1 Å². The summed E-state index contributed by atoms with van der Waals surface area (Å²) in [5, 5.41) is 0. The van der Waals surface area contributed by atoms with Gasteiger partial charge >= 0.3 is 5.69 Å². The van der Waals surface area contributed by atoms with Gasteiger partial charge in [-0.25, -0.2) is 14.8 Å². The van der Waals surface area contributed by atoms with E-state index in [0.717, 1.165) is 60.8 Å². The lowest BCUT2D eigenvalue weighted by molar-refractivity contribution is 0.247. The Bertz CT molecular complexity index is 1310. The first-order valence-corrected chi connectivity index (χ1v) is 11.5. The lowest BCUT2D eigenvalue weighted by atomic mass is 9.87. The van der Waals surface area contributed by atoms with Gasteiger partial charge in [-0.1, -0.05) is 51.1 Å². The van der Waals surface area contributed by atoms with E-state index >= 15 is 0 Å². The van der Waals surface area contributed by atoms with Gasteiger partial charge in [0.2, 0.25) is 0 Å². The minimum atomic E-state index is -0.291. The summed E-state index contributed by atoms with van der Waals surface area (Å²) in [6.07, 6.45) is 1.57. The third kappa shape index (κ3) is 4.54. The molecular weight excluding hydrogens is 412 g/mol. The number of aromatic nitrogens is 4. The van der Waals surface area contributed by atoms with Crippen molar-refractivity contribution in [3.8, 4) is 11.4 Å². The zero-order chi connectivity index (χ0) is 23.0. The molecule has 33 heavy (non-hydrogen) atoms. The number of para-hydroxylation sites is 1. The van der Waals surface area contributed by atoms with E-state index in [1.54, 1.807) is 6.20 Å². The average molecular weight is 443 g/mol. The number of piperazine rings is 1. The molecule has 2 N–H and O–H groups in total. The van der Waals surface area contributed by atoms with Crippen molar-refractivity contribution in [1.82, 2.24) is 24.8 Å². The highest BCUT2D eigenvalue weighted by Gasteiger charge is 2.21. The van der Waals surface area contributed by atoms with Gasteiger partial charge in [-0.15, -0.1) is 0 Å². The van der Waals surface area contributed by atoms with Crippen LogP contribution in [0.4, 0.5) is 5.69 Å². The lowest BCUT2D eigenvalue weighted by Crippen LogP contribution is -2.46. The highest BCUT2D eigenvalue weighted by Crippen LogP contribution is 2.30. The van der Waals surface area contributed by atoms with Crippen LogP contribution in [0.5, 0.6) is 0 Å². The predicted molar refractivity (Wildman–Crippen MR) is 133 cm³/mol. The fraction of sp³-hybridized carbons (Fsp3) is 0.346. The van der Waals surface area contributed by atoms with Crippen molar-refractivity contribution in [2.45, 2.75) is 32.7 Å². The summed E-state index contributed by atoms with van der Waals surface area (Å²) in [5.41, 5.74) is 6.39. The Hall–Kier alpha value is -3.45. The normalized spacial score (nSPS) is 15.3. The number of nitrogens with zero attached hydrogens (tertiary/aromatic N) is 4. The Kier molecular flexibility index (Phi) is 5.50. The van der Waals surface area contributed by atoms with E-state index in [9.17, 15) is 4.79 Å². The molecule has 7 nitrogen and oxygen atoms in total. The molecule has 1 aliphatic rings. The maximum atomic E-state index is 11.5. The summed E-state index contributed by atoms with van der Waals surface area (Å²) in [6, 6.07) is 16.9. The Morgan fingerprint density at radius 3 is 2.39 bits per heavy atom. The number of hydrogen-bond donors (Lipinski definition) is 2. The standard InChI is InChI=1S/C26H30N6O/c1-26(2,3)19-9-7-18(8-10-19)24-29-21-5-4-6-22(23(21)30-24)32-15-13-31(14-16-32)17-20-11-12-27-25(33)28-20/h4-12H,13-17H2,1-3H3,(H,29,30)(H,27,28,33). The van der Waals surface area contributed by atoms with Crippen molar-refractivity contribution in [2.75, 3.05) is 31.1 Å². The summed E-state index contributed by atoms with van der Waals surface area (Å²) < 4.78 is 0. The van der Waals surface area contributed by atoms with Crippen LogP contribution in [0, 0.1) is 0 Å². The van der Waals surface area contributed by atoms with Gasteiger partial charge < -0.3 is 14.9 Å². The molecule has 1 aliphatic heterocycles. The summed E-state index contributed by atoms with van der Waals surface area (Å²) in [6.45, 7) is 11.1. The molecule has 0 amide bonds. The summed E-state index contributed by atoms with van der Waals surface area (Å²) >= 11 is 0. The van der Waals surface area contributed by atoms with E-state index in [4.69, 9.17) is 4.98 Å². The summed E-state index contributed by atoms with van der Waals surface area (Å²) in [5.74, 6) is 0.901. The topological polar surface area (TPSA) is 80.9 Å². The molecular formula is C26H30N6O. The van der Waals surface area contributed by atoms with Crippen LogP contribution in [-0.4, -0.2) is 51.0 Å². The number of benzene rings is 2. The van der Waals surface area contributed by atoms with Gasteiger partial charge in [0.25, 0.3) is 0 Å². The van der Waals surface area contributed by atoms with Crippen molar-refractivity contribution < 1.29 is 0 Å². The molecule has 0 spiro atoms. The fourth-order valence-corrected chi connectivity index (χ4v) is 4.42. The third-order valence-electron chi connectivity index (χ3n) is 6.36. The van der Waals surface area contributed by atoms with Crippen molar-refractivity contribution in [2.24, 2.45) is 0 Å². The molecule has 170 valence electrons. The molecule has 4 aromatic rings. The van der Waals surface area contributed by atoms with Crippen molar-refractivity contribution in [3.63, 3.8) is 0 Å². The lowest BCUT2D eigenvalue weighted by Gasteiger charge is -2.36. The zero-order valence-corrected chi connectivity index (χ0v) is 19.4. The Balaban J connectivity index is 1.33. The minimum Gasteiger partial charge on any atom is -0.367 e. The molecule has 0 atom stereocenters. The highest BCUT2D eigenvalue weighted by molar-refractivity contribution is 5.91. The van der Waals surface area contributed by atoms with Crippen LogP contribution in [-0.2, 0) is 12.0 Å². The van der Waals surface area contributed by atoms with Crippen LogP contribution in [0.3, 0.4) is 0 Å². The first kappa shape index (κ1) is 21.4. The number of imidazole rings is 1. The number of hydrogen-bond acceptors (Lipinski definition) is 5. The van der Waals surface area contributed by atoms with Crippen LogP contribution in [0.1, 0.15) is 32.0 Å². The number of fused-ring (bicyclic) bond motifs is 1. The summed E-state index contributed by atoms with van der Waals surface area (Å²) in [4.78, 5) is 31.2. The van der Waals surface area contributed by atoms with Crippen LogP contribution in [0.15, 0.2) is 59.5 Å². The Labute approximate surface area is 193 Å². The molecule has 7 heteroatoms. The number of aromatic amines is 2. The van der Waals surface area contributed by atoms with E-state index < -0.39 is 0 Å². The Morgan fingerprint density at radius 2 is 1.70 bits per heavy atom. The first-order valence-electron chi connectivity index (χ1n) is 11.5. The first-order chi connectivity index (χ1) is 15.9. The van der Waals surface area contributed by atoms with E-state index in [2.05, 4.69) is 88.0 Å². The van der Waals surface area contributed by atoms with Crippen LogP contribution < -0.4 is 10.6 Å². The molecule has 0 aliphatic carbocycles. The van der Waals surface area contributed by atoms with Gasteiger partial charge in [-0.3, -0.25) is 4.90 Å². The maximum Gasteiger partial charge on any atom is 0.345 e. The van der Waals surface area contributed by atoms with Gasteiger partial charge in [-0.05, 0) is 29.2 Å². The molecule has 0 saturated carbocycles. The molecule has 1 saturated heterocycles. The van der Waals surface area contributed by atoms with Crippen molar-refractivity contribution >= 4 is 16.7 Å². The Morgan fingerprint density at radius 1 is 0.939 bits per heavy atom. The second kappa shape index (κ2) is 8.48. The summed E-state index contributed by atoms with van der Waals surface area (Å²) in [7, 11) is 0.